The van der Waals surface area contributed by atoms with Crippen molar-refractivity contribution in [3.63, 3.8) is 0 Å². The standard InChI is InChI=1S/C12H8BrFOS/c13-10-5-1-4-9(12(10)14)11(15)7-8-3-2-6-16-8/h1-6H,7H2. The third-order valence-electron chi connectivity index (χ3n) is 2.17. The molecule has 0 bridgehead atoms. The molecule has 0 spiro atoms. The fraction of sp³-hybridized carbons (Fsp3) is 0.0833. The number of hydrogen-bond donors (Lipinski definition) is 0. The Labute approximate surface area is 105 Å². The quantitative estimate of drug-likeness (QED) is 0.781. The molecule has 2 aromatic rings. The molecule has 82 valence electrons. The second-order valence-corrected chi connectivity index (χ2v) is 5.17. The van der Waals surface area contributed by atoms with Crippen molar-refractivity contribution in [2.45, 2.75) is 6.42 Å². The number of carbonyl (C=O) groups excluding carboxylic acids is 1. The minimum absolute atomic E-state index is 0.141. The van der Waals surface area contributed by atoms with Gasteiger partial charge >= 0.3 is 0 Å². The molecule has 0 radical (unpaired) electrons. The molecule has 0 aliphatic carbocycles. The zero-order chi connectivity index (χ0) is 11.5. The number of rotatable bonds is 3. The number of ketones is 1. The lowest BCUT2D eigenvalue weighted by atomic mass is 10.1. The van der Waals surface area contributed by atoms with E-state index in [0.29, 0.717) is 4.47 Å². The van der Waals surface area contributed by atoms with Gasteiger partial charge in [-0.05, 0) is 39.5 Å². The molecule has 16 heavy (non-hydrogen) atoms. The Hall–Kier alpha value is -1.000. The Morgan fingerprint density at radius 1 is 1.31 bits per heavy atom. The molecule has 1 nitrogen and oxygen atoms in total. The van der Waals surface area contributed by atoms with Gasteiger partial charge in [-0.25, -0.2) is 4.39 Å². The van der Waals surface area contributed by atoms with Crippen LogP contribution in [0, 0.1) is 5.82 Å². The van der Waals surface area contributed by atoms with Crippen LogP contribution >= 0.6 is 27.3 Å². The topological polar surface area (TPSA) is 17.1 Å². The van der Waals surface area contributed by atoms with E-state index >= 15 is 0 Å². The molecule has 2 rings (SSSR count). The molecule has 0 amide bonds. The predicted octanol–water partition coefficient (Wildman–Crippen LogP) is 4.08. The molecule has 0 aliphatic heterocycles. The first-order valence-corrected chi connectivity index (χ1v) is 6.35. The van der Waals surface area contributed by atoms with Crippen LogP contribution in [-0.2, 0) is 6.42 Å². The van der Waals surface area contributed by atoms with Gasteiger partial charge in [0.25, 0.3) is 0 Å². The summed E-state index contributed by atoms with van der Waals surface area (Å²) in [6.45, 7) is 0. The van der Waals surface area contributed by atoms with Gasteiger partial charge in [-0.1, -0.05) is 12.1 Å². The van der Waals surface area contributed by atoms with Crippen molar-refractivity contribution in [3.8, 4) is 0 Å². The Morgan fingerprint density at radius 2 is 2.12 bits per heavy atom. The maximum atomic E-state index is 13.6. The van der Waals surface area contributed by atoms with Crippen molar-refractivity contribution >= 4 is 33.0 Å². The van der Waals surface area contributed by atoms with Crippen LogP contribution in [0.5, 0.6) is 0 Å². The summed E-state index contributed by atoms with van der Waals surface area (Å²) in [5, 5.41) is 1.90. The Balaban J connectivity index is 2.24. The van der Waals surface area contributed by atoms with E-state index in [2.05, 4.69) is 15.9 Å². The highest BCUT2D eigenvalue weighted by atomic mass is 79.9. The molecular formula is C12H8BrFOS. The Morgan fingerprint density at radius 3 is 2.81 bits per heavy atom. The van der Waals surface area contributed by atoms with E-state index in [1.807, 2.05) is 17.5 Å². The zero-order valence-electron chi connectivity index (χ0n) is 8.24. The number of benzene rings is 1. The third kappa shape index (κ3) is 2.39. The largest absolute Gasteiger partial charge is 0.294 e. The van der Waals surface area contributed by atoms with Crippen molar-refractivity contribution in [1.82, 2.24) is 0 Å². The van der Waals surface area contributed by atoms with Gasteiger partial charge in [0.15, 0.2) is 5.78 Å². The minimum Gasteiger partial charge on any atom is -0.294 e. The molecule has 4 heteroatoms. The van der Waals surface area contributed by atoms with Crippen LogP contribution in [0.3, 0.4) is 0 Å². The van der Waals surface area contributed by atoms with E-state index in [-0.39, 0.29) is 17.8 Å². The number of Topliss-reactive ketones (excluding diaryl/α,β-unsaturated/α-hetero) is 1. The summed E-state index contributed by atoms with van der Waals surface area (Å²) in [5.74, 6) is -0.676. The average molecular weight is 299 g/mol. The molecule has 1 heterocycles. The molecule has 1 aromatic carbocycles. The average Bonchev–Trinajstić information content (AvgIpc) is 2.74. The van der Waals surface area contributed by atoms with Crippen LogP contribution < -0.4 is 0 Å². The number of thiophene rings is 1. The Bertz CT molecular complexity index is 508. The first kappa shape index (κ1) is 11.5. The van der Waals surface area contributed by atoms with E-state index in [0.717, 1.165) is 4.88 Å². The predicted molar refractivity (Wildman–Crippen MR) is 66.5 cm³/mol. The molecule has 0 aliphatic rings. The van der Waals surface area contributed by atoms with E-state index in [1.165, 1.54) is 17.4 Å². The second kappa shape index (κ2) is 4.89. The molecule has 0 saturated heterocycles. The van der Waals surface area contributed by atoms with E-state index in [4.69, 9.17) is 0 Å². The molecule has 0 N–H and O–H groups in total. The lowest BCUT2D eigenvalue weighted by Crippen LogP contribution is -2.05. The van der Waals surface area contributed by atoms with Gasteiger partial charge in [0, 0.05) is 11.3 Å². The van der Waals surface area contributed by atoms with Crippen molar-refractivity contribution in [2.24, 2.45) is 0 Å². The summed E-state index contributed by atoms with van der Waals surface area (Å²) in [6.07, 6.45) is 0.255. The van der Waals surface area contributed by atoms with Crippen molar-refractivity contribution < 1.29 is 9.18 Å². The first-order valence-electron chi connectivity index (χ1n) is 4.68. The van der Waals surface area contributed by atoms with Gasteiger partial charge in [0.2, 0.25) is 0 Å². The monoisotopic (exact) mass is 298 g/mol. The van der Waals surface area contributed by atoms with Gasteiger partial charge in [-0.2, -0.15) is 0 Å². The normalized spacial score (nSPS) is 10.4. The zero-order valence-corrected chi connectivity index (χ0v) is 10.6. The maximum absolute atomic E-state index is 13.6. The first-order chi connectivity index (χ1) is 7.68. The lowest BCUT2D eigenvalue weighted by molar-refractivity contribution is 0.0990. The summed E-state index contributed by atoms with van der Waals surface area (Å²) in [7, 11) is 0. The van der Waals surface area contributed by atoms with Crippen molar-refractivity contribution in [1.29, 1.82) is 0 Å². The smallest absolute Gasteiger partial charge is 0.171 e. The molecule has 0 saturated carbocycles. The van der Waals surface area contributed by atoms with Crippen LogP contribution in [0.25, 0.3) is 0 Å². The van der Waals surface area contributed by atoms with Crippen LogP contribution in [0.1, 0.15) is 15.2 Å². The van der Waals surface area contributed by atoms with Gasteiger partial charge in [0.05, 0.1) is 10.0 Å². The highest BCUT2D eigenvalue weighted by Crippen LogP contribution is 2.20. The molecule has 0 fully saturated rings. The summed E-state index contributed by atoms with van der Waals surface area (Å²) in [4.78, 5) is 12.8. The Kier molecular flexibility index (Phi) is 3.51. The minimum atomic E-state index is -0.482. The highest BCUT2D eigenvalue weighted by molar-refractivity contribution is 9.10. The fourth-order valence-electron chi connectivity index (χ4n) is 1.39. The van der Waals surface area contributed by atoms with Crippen LogP contribution in [0.2, 0.25) is 0 Å². The fourth-order valence-corrected chi connectivity index (χ4v) is 2.46. The van der Waals surface area contributed by atoms with Gasteiger partial charge < -0.3 is 0 Å². The van der Waals surface area contributed by atoms with Crippen molar-refractivity contribution in [2.75, 3.05) is 0 Å². The molecular weight excluding hydrogens is 291 g/mol. The highest BCUT2D eigenvalue weighted by Gasteiger charge is 2.14. The van der Waals surface area contributed by atoms with Crippen LogP contribution in [0.15, 0.2) is 40.2 Å². The number of hydrogen-bond acceptors (Lipinski definition) is 2. The lowest BCUT2D eigenvalue weighted by Gasteiger charge is -2.02. The second-order valence-electron chi connectivity index (χ2n) is 3.28. The van der Waals surface area contributed by atoms with Gasteiger partial charge in [0.1, 0.15) is 5.82 Å². The molecule has 1 aromatic heterocycles. The molecule has 0 unspecified atom stereocenters. The van der Waals surface area contributed by atoms with Crippen LogP contribution in [0.4, 0.5) is 4.39 Å². The van der Waals surface area contributed by atoms with E-state index in [9.17, 15) is 9.18 Å². The summed E-state index contributed by atoms with van der Waals surface area (Å²) >= 11 is 4.57. The van der Waals surface area contributed by atoms with Gasteiger partial charge in [-0.3, -0.25) is 4.79 Å². The van der Waals surface area contributed by atoms with E-state index in [1.54, 1.807) is 12.1 Å². The maximum Gasteiger partial charge on any atom is 0.171 e. The SMILES string of the molecule is O=C(Cc1cccs1)c1cccc(Br)c1F. The third-order valence-corrected chi connectivity index (χ3v) is 3.66. The summed E-state index contributed by atoms with van der Waals surface area (Å²) in [5.41, 5.74) is 0.141. The van der Waals surface area contributed by atoms with Gasteiger partial charge in [-0.15, -0.1) is 11.3 Å². The summed E-state index contributed by atoms with van der Waals surface area (Å²) < 4.78 is 13.9. The number of carbonyl (C=O) groups is 1. The van der Waals surface area contributed by atoms with Crippen LogP contribution in [-0.4, -0.2) is 5.78 Å². The summed E-state index contributed by atoms with van der Waals surface area (Å²) in [6, 6.07) is 8.51. The molecule has 0 atom stereocenters. The number of halogens is 2. The van der Waals surface area contributed by atoms with Crippen molar-refractivity contribution in [3.05, 3.63) is 56.4 Å². The van der Waals surface area contributed by atoms with E-state index < -0.39 is 5.82 Å².